The van der Waals surface area contributed by atoms with Crippen molar-refractivity contribution >= 4 is 35.0 Å². The number of methoxy groups -OCH3 is 1. The van der Waals surface area contributed by atoms with Crippen LogP contribution in [0.1, 0.15) is 27.4 Å². The molecule has 11 nitrogen and oxygen atoms in total. The number of benzene rings is 2. The molecule has 14 heteroatoms. The third-order valence-corrected chi connectivity index (χ3v) is 7.81. The predicted octanol–water partition coefficient (Wildman–Crippen LogP) is 2.29. The first-order chi connectivity index (χ1) is 20.0. The van der Waals surface area contributed by atoms with Gasteiger partial charge in [-0.3, -0.25) is 14.4 Å². The Hall–Kier alpha value is -4.07. The molecule has 0 atom stereocenters. The standard InChI is InChI=1S/C28H29ClF2N6O5/c1-35-20(18-5-6-21(42-2)24(31)23(18)30)13-33-25(35)26(39)34-16-3-4-17(19(29)11-16)27(40)37-9-7-36(8-10-37)22(38)12-28(41)14-32-15-28/h3-6,11,13,32,41H,7-10,12,14-15H2,1-2H3,(H,34,39). The Bertz CT molecular complexity index is 1550. The van der Waals surface area contributed by atoms with Crippen molar-refractivity contribution in [2.24, 2.45) is 7.05 Å². The summed E-state index contributed by atoms with van der Waals surface area (Å²) in [6, 6.07) is 7.06. The highest BCUT2D eigenvalue weighted by molar-refractivity contribution is 6.34. The number of amides is 3. The first kappa shape index (κ1) is 29.4. The molecular weight excluding hydrogens is 574 g/mol. The van der Waals surface area contributed by atoms with E-state index in [0.717, 1.165) is 0 Å². The molecule has 222 valence electrons. The predicted molar refractivity (Wildman–Crippen MR) is 149 cm³/mol. The first-order valence-corrected chi connectivity index (χ1v) is 13.5. The average molecular weight is 603 g/mol. The highest BCUT2D eigenvalue weighted by Crippen LogP contribution is 2.30. The zero-order valence-corrected chi connectivity index (χ0v) is 23.7. The van der Waals surface area contributed by atoms with Gasteiger partial charge >= 0.3 is 0 Å². The lowest BCUT2D eigenvalue weighted by Crippen LogP contribution is -2.62. The Morgan fingerprint density at radius 2 is 1.79 bits per heavy atom. The minimum atomic E-state index is -1.15. The van der Waals surface area contributed by atoms with Crippen LogP contribution < -0.4 is 15.4 Å². The maximum Gasteiger partial charge on any atom is 0.291 e. The normalized spacial score (nSPS) is 16.1. The van der Waals surface area contributed by atoms with Gasteiger partial charge in [0.05, 0.1) is 41.6 Å². The van der Waals surface area contributed by atoms with E-state index in [9.17, 15) is 28.3 Å². The summed E-state index contributed by atoms with van der Waals surface area (Å²) in [6.07, 6.45) is 1.30. The molecule has 0 bridgehead atoms. The zero-order valence-electron chi connectivity index (χ0n) is 22.9. The summed E-state index contributed by atoms with van der Waals surface area (Å²) in [6.45, 7) is 2.10. The van der Waals surface area contributed by atoms with Gasteiger partial charge < -0.3 is 34.8 Å². The van der Waals surface area contributed by atoms with E-state index in [1.807, 2.05) is 0 Å². The van der Waals surface area contributed by atoms with E-state index >= 15 is 0 Å². The average Bonchev–Trinajstić information content (AvgIpc) is 3.34. The fourth-order valence-corrected chi connectivity index (χ4v) is 5.23. The SMILES string of the molecule is COc1ccc(-c2cnc(C(=O)Nc3ccc(C(=O)N4CCN(C(=O)CC5(O)CNC5)CC4)c(Cl)c3)n2C)c(F)c1F. The van der Waals surface area contributed by atoms with Crippen molar-refractivity contribution in [1.29, 1.82) is 0 Å². The maximum atomic E-state index is 14.6. The molecule has 42 heavy (non-hydrogen) atoms. The largest absolute Gasteiger partial charge is 0.494 e. The Balaban J connectivity index is 1.22. The summed E-state index contributed by atoms with van der Waals surface area (Å²) in [7, 11) is 2.72. The first-order valence-electron chi connectivity index (χ1n) is 13.2. The van der Waals surface area contributed by atoms with Crippen LogP contribution >= 0.6 is 11.6 Å². The van der Waals surface area contributed by atoms with E-state index in [1.165, 1.54) is 55.3 Å². The van der Waals surface area contributed by atoms with Gasteiger partial charge in [-0.15, -0.1) is 0 Å². The van der Waals surface area contributed by atoms with Gasteiger partial charge in [-0.1, -0.05) is 11.6 Å². The number of halogens is 3. The van der Waals surface area contributed by atoms with Gasteiger partial charge in [-0.25, -0.2) is 9.37 Å². The van der Waals surface area contributed by atoms with Crippen molar-refractivity contribution < 1.29 is 33.0 Å². The van der Waals surface area contributed by atoms with Crippen molar-refractivity contribution in [3.8, 4) is 17.0 Å². The van der Waals surface area contributed by atoms with Crippen LogP contribution in [0.5, 0.6) is 5.75 Å². The molecule has 2 aliphatic heterocycles. The van der Waals surface area contributed by atoms with Crippen molar-refractivity contribution in [1.82, 2.24) is 24.7 Å². The number of β-amino-alcohol motifs (C(OH)–C–C–N with tert-alkyl or cyclic N) is 1. The van der Waals surface area contributed by atoms with Crippen LogP contribution in [0.4, 0.5) is 14.5 Å². The Kier molecular flexibility index (Phi) is 8.17. The molecule has 0 saturated carbocycles. The minimum Gasteiger partial charge on any atom is -0.494 e. The number of hydrogen-bond acceptors (Lipinski definition) is 7. The Morgan fingerprint density at radius 3 is 2.40 bits per heavy atom. The molecule has 3 aromatic rings. The molecule has 0 spiro atoms. The molecule has 1 aromatic heterocycles. The number of rotatable bonds is 7. The number of anilines is 1. The topological polar surface area (TPSA) is 129 Å². The number of carbonyl (C=O) groups excluding carboxylic acids is 3. The van der Waals surface area contributed by atoms with E-state index < -0.39 is 23.1 Å². The minimum absolute atomic E-state index is 0.0451. The number of aromatic nitrogens is 2. The Morgan fingerprint density at radius 1 is 1.10 bits per heavy atom. The van der Waals surface area contributed by atoms with Gasteiger partial charge in [0, 0.05) is 57.6 Å². The van der Waals surface area contributed by atoms with E-state index in [4.69, 9.17) is 16.3 Å². The molecule has 0 unspecified atom stereocenters. The Labute approximate surface area is 245 Å². The molecule has 0 radical (unpaired) electrons. The molecule has 0 aliphatic carbocycles. The number of hydrogen-bond donors (Lipinski definition) is 3. The number of nitrogens with zero attached hydrogens (tertiary/aromatic N) is 4. The molecule has 2 aromatic carbocycles. The number of carbonyl (C=O) groups is 3. The summed E-state index contributed by atoms with van der Waals surface area (Å²) in [4.78, 5) is 45.9. The second-order valence-corrected chi connectivity index (χ2v) is 10.7. The molecule has 3 heterocycles. The van der Waals surface area contributed by atoms with Gasteiger partial charge in [0.25, 0.3) is 11.8 Å². The van der Waals surface area contributed by atoms with E-state index in [2.05, 4.69) is 15.6 Å². The lowest BCUT2D eigenvalue weighted by molar-refractivity contribution is -0.140. The molecule has 2 saturated heterocycles. The van der Waals surface area contributed by atoms with Gasteiger partial charge in [-0.2, -0.15) is 4.39 Å². The fraction of sp³-hybridized carbons (Fsp3) is 0.357. The summed E-state index contributed by atoms with van der Waals surface area (Å²) in [5.74, 6) is -3.68. The van der Waals surface area contributed by atoms with Crippen LogP contribution in [0.15, 0.2) is 36.5 Å². The highest BCUT2D eigenvalue weighted by Gasteiger charge is 2.38. The monoisotopic (exact) mass is 602 g/mol. The van der Waals surface area contributed by atoms with E-state index in [0.29, 0.717) is 45.0 Å². The second kappa shape index (κ2) is 11.7. The summed E-state index contributed by atoms with van der Waals surface area (Å²) in [5, 5.41) is 15.9. The van der Waals surface area contributed by atoms with Crippen LogP contribution in [-0.2, 0) is 11.8 Å². The van der Waals surface area contributed by atoms with Crippen LogP contribution in [0.25, 0.3) is 11.3 Å². The number of ether oxygens (including phenoxy) is 1. The number of piperazine rings is 1. The van der Waals surface area contributed by atoms with Crippen LogP contribution in [0, 0.1) is 11.6 Å². The third kappa shape index (κ3) is 5.67. The fourth-order valence-electron chi connectivity index (χ4n) is 4.97. The molecule has 3 amide bonds. The molecular formula is C28H29ClF2N6O5. The summed E-state index contributed by atoms with van der Waals surface area (Å²) < 4.78 is 35.0. The highest BCUT2D eigenvalue weighted by atomic mass is 35.5. The van der Waals surface area contributed by atoms with Crippen molar-refractivity contribution in [2.45, 2.75) is 12.0 Å². The van der Waals surface area contributed by atoms with Gasteiger partial charge in [0.1, 0.15) is 0 Å². The summed E-state index contributed by atoms with van der Waals surface area (Å²) in [5.41, 5.74) is -0.379. The van der Waals surface area contributed by atoms with Crippen LogP contribution in [0.3, 0.4) is 0 Å². The number of aliphatic hydroxyl groups is 1. The van der Waals surface area contributed by atoms with Crippen molar-refractivity contribution in [3.63, 3.8) is 0 Å². The number of nitrogens with one attached hydrogen (secondary N) is 2. The molecule has 2 aliphatic rings. The maximum absolute atomic E-state index is 14.6. The molecule has 2 fully saturated rings. The lowest BCUT2D eigenvalue weighted by Gasteiger charge is -2.40. The molecule has 3 N–H and O–H groups in total. The smallest absolute Gasteiger partial charge is 0.291 e. The third-order valence-electron chi connectivity index (χ3n) is 7.50. The van der Waals surface area contributed by atoms with E-state index in [1.54, 1.807) is 9.80 Å². The van der Waals surface area contributed by atoms with Crippen LogP contribution in [0.2, 0.25) is 5.02 Å². The molecule has 5 rings (SSSR count). The quantitative estimate of drug-likeness (QED) is 0.378. The van der Waals surface area contributed by atoms with Gasteiger partial charge in [0.15, 0.2) is 17.4 Å². The lowest BCUT2D eigenvalue weighted by atomic mass is 9.92. The van der Waals surface area contributed by atoms with Gasteiger partial charge in [0.2, 0.25) is 11.7 Å². The summed E-state index contributed by atoms with van der Waals surface area (Å²) >= 11 is 6.41. The zero-order chi connectivity index (χ0) is 30.2. The van der Waals surface area contributed by atoms with Gasteiger partial charge in [-0.05, 0) is 30.3 Å². The number of imidazole rings is 1. The van der Waals surface area contributed by atoms with Crippen molar-refractivity contribution in [3.05, 3.63) is 64.6 Å². The van der Waals surface area contributed by atoms with Crippen LogP contribution in [-0.4, -0.2) is 94.2 Å². The van der Waals surface area contributed by atoms with E-state index in [-0.39, 0.29) is 51.7 Å². The van der Waals surface area contributed by atoms with Crippen molar-refractivity contribution in [2.75, 3.05) is 51.7 Å². The second-order valence-electron chi connectivity index (χ2n) is 10.3.